The highest BCUT2D eigenvalue weighted by Gasteiger charge is 2.30. The van der Waals surface area contributed by atoms with E-state index >= 15 is 0 Å². The van der Waals surface area contributed by atoms with Crippen molar-refractivity contribution in [2.75, 3.05) is 40.4 Å². The van der Waals surface area contributed by atoms with Gasteiger partial charge in [-0.1, -0.05) is 0 Å². The van der Waals surface area contributed by atoms with Gasteiger partial charge >= 0.3 is 0 Å². The monoisotopic (exact) mass is 266 g/mol. The molecule has 0 unspecified atom stereocenters. The molecular formula is C14H22N2O3. The summed E-state index contributed by atoms with van der Waals surface area (Å²) in [5.41, 5.74) is 0.670. The molecule has 0 N–H and O–H groups in total. The Labute approximate surface area is 114 Å². The van der Waals surface area contributed by atoms with E-state index < -0.39 is 0 Å². The Balaban J connectivity index is 2.17. The molecule has 5 nitrogen and oxygen atoms in total. The second kappa shape index (κ2) is 5.75. The van der Waals surface area contributed by atoms with Crippen LogP contribution in [0.4, 0.5) is 0 Å². The van der Waals surface area contributed by atoms with Gasteiger partial charge in [-0.05, 0) is 34.0 Å². The molecule has 0 aliphatic carbocycles. The number of likely N-dealkylation sites (N-methyl/N-ethyl adjacent to an activating group) is 1. The first-order valence-electron chi connectivity index (χ1n) is 6.59. The number of nitrogens with zero attached hydrogens (tertiary/aromatic N) is 2. The van der Waals surface area contributed by atoms with Gasteiger partial charge in [-0.3, -0.25) is 4.79 Å². The van der Waals surface area contributed by atoms with Gasteiger partial charge in [-0.25, -0.2) is 0 Å². The van der Waals surface area contributed by atoms with Crippen LogP contribution in [-0.2, 0) is 4.74 Å². The zero-order chi connectivity index (χ0) is 14.0. The van der Waals surface area contributed by atoms with Crippen LogP contribution in [0.3, 0.4) is 0 Å². The number of rotatable bonds is 3. The standard InChI is InChI=1S/C14H22N2O3/c1-10-7-13(11(2)19-10)14(17)16-5-6-18-9-12(16)8-15(3)4/h7,12H,5-6,8-9H2,1-4H3/t12-/m1/s1. The van der Waals surface area contributed by atoms with E-state index in [1.165, 1.54) is 0 Å². The van der Waals surface area contributed by atoms with Gasteiger partial charge in [0, 0.05) is 13.1 Å². The Morgan fingerprint density at radius 3 is 2.79 bits per heavy atom. The van der Waals surface area contributed by atoms with Crippen LogP contribution in [0.5, 0.6) is 0 Å². The van der Waals surface area contributed by atoms with Gasteiger partial charge in [0.15, 0.2) is 0 Å². The van der Waals surface area contributed by atoms with E-state index in [2.05, 4.69) is 4.90 Å². The van der Waals surface area contributed by atoms with E-state index in [0.717, 1.165) is 12.3 Å². The fraction of sp³-hybridized carbons (Fsp3) is 0.643. The van der Waals surface area contributed by atoms with Crippen molar-refractivity contribution in [3.05, 3.63) is 23.2 Å². The Kier molecular flexibility index (Phi) is 4.27. The number of morpholine rings is 1. The first-order valence-corrected chi connectivity index (χ1v) is 6.59. The number of carbonyl (C=O) groups is 1. The van der Waals surface area contributed by atoms with Gasteiger partial charge in [-0.2, -0.15) is 0 Å². The molecule has 1 fully saturated rings. The lowest BCUT2D eigenvalue weighted by molar-refractivity contribution is -0.00838. The van der Waals surface area contributed by atoms with Gasteiger partial charge in [-0.15, -0.1) is 0 Å². The molecule has 0 radical (unpaired) electrons. The number of hydrogen-bond acceptors (Lipinski definition) is 4. The van der Waals surface area contributed by atoms with Crippen molar-refractivity contribution in [1.29, 1.82) is 0 Å². The number of aryl methyl sites for hydroxylation is 2. The molecule has 1 saturated heterocycles. The first kappa shape index (κ1) is 14.1. The summed E-state index contributed by atoms with van der Waals surface area (Å²) in [5, 5.41) is 0. The molecule has 1 aliphatic heterocycles. The summed E-state index contributed by atoms with van der Waals surface area (Å²) >= 11 is 0. The van der Waals surface area contributed by atoms with Crippen molar-refractivity contribution in [3.8, 4) is 0 Å². The number of carbonyl (C=O) groups excluding carboxylic acids is 1. The van der Waals surface area contributed by atoms with E-state index in [1.807, 2.05) is 38.9 Å². The van der Waals surface area contributed by atoms with Crippen LogP contribution in [0.15, 0.2) is 10.5 Å². The molecule has 0 bridgehead atoms. The largest absolute Gasteiger partial charge is 0.466 e. The maximum Gasteiger partial charge on any atom is 0.257 e. The molecule has 1 aliphatic rings. The fourth-order valence-electron chi connectivity index (χ4n) is 2.49. The molecule has 1 amide bonds. The van der Waals surface area contributed by atoms with Crippen LogP contribution in [0.2, 0.25) is 0 Å². The summed E-state index contributed by atoms with van der Waals surface area (Å²) in [6.45, 7) is 6.34. The Hall–Kier alpha value is -1.33. The van der Waals surface area contributed by atoms with Crippen molar-refractivity contribution < 1.29 is 13.9 Å². The second-order valence-corrected chi connectivity index (χ2v) is 5.32. The lowest BCUT2D eigenvalue weighted by Crippen LogP contribution is -2.52. The highest BCUT2D eigenvalue weighted by Crippen LogP contribution is 2.19. The molecule has 2 rings (SSSR count). The maximum atomic E-state index is 12.6. The summed E-state index contributed by atoms with van der Waals surface area (Å²) in [6, 6.07) is 1.92. The normalized spacial score (nSPS) is 20.1. The van der Waals surface area contributed by atoms with E-state index in [1.54, 1.807) is 0 Å². The number of ether oxygens (including phenoxy) is 1. The average molecular weight is 266 g/mol. The summed E-state index contributed by atoms with van der Waals surface area (Å²) in [7, 11) is 4.01. The SMILES string of the molecule is Cc1cc(C(=O)N2CCOC[C@H]2CN(C)C)c(C)o1. The lowest BCUT2D eigenvalue weighted by atomic mass is 10.1. The Morgan fingerprint density at radius 1 is 1.47 bits per heavy atom. The highest BCUT2D eigenvalue weighted by molar-refractivity contribution is 5.95. The van der Waals surface area contributed by atoms with Gasteiger partial charge in [0.2, 0.25) is 0 Å². The van der Waals surface area contributed by atoms with Crippen molar-refractivity contribution in [1.82, 2.24) is 9.80 Å². The summed E-state index contributed by atoms with van der Waals surface area (Å²) in [6.07, 6.45) is 0. The topological polar surface area (TPSA) is 45.9 Å². The third-order valence-corrected chi connectivity index (χ3v) is 3.34. The molecule has 0 saturated carbocycles. The predicted molar refractivity (Wildman–Crippen MR) is 72.4 cm³/mol. The fourth-order valence-corrected chi connectivity index (χ4v) is 2.49. The summed E-state index contributed by atoms with van der Waals surface area (Å²) in [4.78, 5) is 16.6. The minimum absolute atomic E-state index is 0.0458. The van der Waals surface area contributed by atoms with E-state index in [9.17, 15) is 4.79 Å². The van der Waals surface area contributed by atoms with Gasteiger partial charge < -0.3 is 19.0 Å². The molecule has 1 aromatic rings. The van der Waals surface area contributed by atoms with Crippen LogP contribution in [-0.4, -0.2) is 62.1 Å². The van der Waals surface area contributed by atoms with E-state index in [-0.39, 0.29) is 11.9 Å². The zero-order valence-corrected chi connectivity index (χ0v) is 12.1. The zero-order valence-electron chi connectivity index (χ0n) is 12.1. The molecule has 106 valence electrons. The van der Waals surface area contributed by atoms with Gasteiger partial charge in [0.05, 0.1) is 24.8 Å². The molecule has 0 spiro atoms. The molecule has 1 atom stereocenters. The van der Waals surface area contributed by atoms with Crippen molar-refractivity contribution in [3.63, 3.8) is 0 Å². The van der Waals surface area contributed by atoms with E-state index in [4.69, 9.17) is 9.15 Å². The third-order valence-electron chi connectivity index (χ3n) is 3.34. The lowest BCUT2D eigenvalue weighted by Gasteiger charge is -2.36. The quantitative estimate of drug-likeness (QED) is 0.827. The number of amides is 1. The van der Waals surface area contributed by atoms with Crippen LogP contribution in [0, 0.1) is 13.8 Å². The minimum Gasteiger partial charge on any atom is -0.466 e. The Morgan fingerprint density at radius 2 is 2.21 bits per heavy atom. The molecule has 19 heavy (non-hydrogen) atoms. The molecular weight excluding hydrogens is 244 g/mol. The number of furan rings is 1. The molecule has 5 heteroatoms. The van der Waals surface area contributed by atoms with E-state index in [0.29, 0.717) is 31.1 Å². The first-order chi connectivity index (χ1) is 8.99. The molecule has 2 heterocycles. The van der Waals surface area contributed by atoms with Crippen LogP contribution in [0.25, 0.3) is 0 Å². The summed E-state index contributed by atoms with van der Waals surface area (Å²) in [5.74, 6) is 1.51. The van der Waals surface area contributed by atoms with Crippen LogP contribution in [0.1, 0.15) is 21.9 Å². The van der Waals surface area contributed by atoms with Crippen molar-refractivity contribution in [2.24, 2.45) is 0 Å². The van der Waals surface area contributed by atoms with Gasteiger partial charge in [0.25, 0.3) is 5.91 Å². The average Bonchev–Trinajstić information content (AvgIpc) is 2.67. The van der Waals surface area contributed by atoms with Crippen LogP contribution >= 0.6 is 0 Å². The van der Waals surface area contributed by atoms with Crippen molar-refractivity contribution in [2.45, 2.75) is 19.9 Å². The Bertz CT molecular complexity index is 454. The minimum atomic E-state index is 0.0458. The van der Waals surface area contributed by atoms with Crippen LogP contribution < -0.4 is 0 Å². The number of hydrogen-bond donors (Lipinski definition) is 0. The van der Waals surface area contributed by atoms with Gasteiger partial charge in [0.1, 0.15) is 11.5 Å². The maximum absolute atomic E-state index is 12.6. The highest BCUT2D eigenvalue weighted by atomic mass is 16.5. The second-order valence-electron chi connectivity index (χ2n) is 5.32. The third kappa shape index (κ3) is 3.16. The molecule has 1 aromatic heterocycles. The summed E-state index contributed by atoms with van der Waals surface area (Å²) < 4.78 is 10.9. The van der Waals surface area contributed by atoms with Crippen molar-refractivity contribution >= 4 is 5.91 Å². The predicted octanol–water partition coefficient (Wildman–Crippen LogP) is 1.30. The molecule has 0 aromatic carbocycles. The smallest absolute Gasteiger partial charge is 0.257 e.